The van der Waals surface area contributed by atoms with Crippen molar-refractivity contribution in [1.29, 1.82) is 0 Å². The number of aliphatic carboxylic acids is 1. The van der Waals surface area contributed by atoms with Crippen molar-refractivity contribution in [2.75, 3.05) is 32.7 Å². The minimum absolute atomic E-state index is 0.456. The van der Waals surface area contributed by atoms with Crippen LogP contribution in [0.25, 0.3) is 0 Å². The van der Waals surface area contributed by atoms with Crippen LogP contribution in [0.1, 0.15) is 30.7 Å². The zero-order valence-corrected chi connectivity index (χ0v) is 11.9. The fourth-order valence-corrected chi connectivity index (χ4v) is 2.71. The molecule has 0 bridgehead atoms. The van der Waals surface area contributed by atoms with Gasteiger partial charge in [-0.2, -0.15) is 0 Å². The molecule has 1 fully saturated rings. The average Bonchev–Trinajstić information content (AvgIpc) is 2.96. The maximum Gasteiger partial charge on any atom is 0.312 e. The predicted octanol–water partition coefficient (Wildman–Crippen LogP) is 1.93. The molecule has 1 unspecified atom stereocenters. The van der Waals surface area contributed by atoms with Crippen molar-refractivity contribution in [3.8, 4) is 0 Å². The van der Waals surface area contributed by atoms with Gasteiger partial charge in [-0.25, -0.2) is 0 Å². The van der Waals surface area contributed by atoms with Gasteiger partial charge < -0.3 is 15.3 Å². The van der Waals surface area contributed by atoms with Crippen molar-refractivity contribution in [3.05, 3.63) is 35.9 Å². The molecule has 1 atom stereocenters. The molecule has 1 aliphatic rings. The summed E-state index contributed by atoms with van der Waals surface area (Å²) in [4.78, 5) is 13.8. The fraction of sp³-hybridized carbons (Fsp3) is 0.562. The van der Waals surface area contributed by atoms with E-state index >= 15 is 0 Å². The van der Waals surface area contributed by atoms with E-state index < -0.39 is 11.9 Å². The summed E-state index contributed by atoms with van der Waals surface area (Å²) in [6, 6.07) is 9.44. The highest BCUT2D eigenvalue weighted by Gasteiger charge is 2.18. The summed E-state index contributed by atoms with van der Waals surface area (Å²) >= 11 is 0. The molecule has 1 aromatic rings. The second-order valence-corrected chi connectivity index (χ2v) is 5.41. The number of carbonyl (C=O) groups is 1. The first-order valence-corrected chi connectivity index (χ1v) is 7.48. The molecule has 1 saturated heterocycles. The Balaban J connectivity index is 1.69. The van der Waals surface area contributed by atoms with Crippen LogP contribution in [0.5, 0.6) is 0 Å². The minimum atomic E-state index is -0.761. The molecule has 1 aliphatic heterocycles. The Bertz CT molecular complexity index is 402. The summed E-state index contributed by atoms with van der Waals surface area (Å²) in [7, 11) is 0. The van der Waals surface area contributed by atoms with Crippen molar-refractivity contribution in [2.24, 2.45) is 0 Å². The molecule has 0 amide bonds. The van der Waals surface area contributed by atoms with E-state index in [4.69, 9.17) is 0 Å². The van der Waals surface area contributed by atoms with E-state index in [0.717, 1.165) is 25.1 Å². The van der Waals surface area contributed by atoms with Gasteiger partial charge in [0.05, 0.1) is 5.92 Å². The summed E-state index contributed by atoms with van der Waals surface area (Å²) in [5.41, 5.74) is 0.868. The largest absolute Gasteiger partial charge is 0.481 e. The Morgan fingerprint density at radius 3 is 2.60 bits per heavy atom. The monoisotopic (exact) mass is 276 g/mol. The zero-order valence-electron chi connectivity index (χ0n) is 11.9. The molecule has 1 heterocycles. The third kappa shape index (κ3) is 4.62. The van der Waals surface area contributed by atoms with E-state index in [-0.39, 0.29) is 0 Å². The van der Waals surface area contributed by atoms with E-state index in [1.165, 1.54) is 25.9 Å². The highest BCUT2D eigenvalue weighted by atomic mass is 16.4. The lowest BCUT2D eigenvalue weighted by molar-refractivity contribution is -0.138. The van der Waals surface area contributed by atoms with Gasteiger partial charge in [-0.1, -0.05) is 30.3 Å². The first-order chi connectivity index (χ1) is 9.77. The maximum absolute atomic E-state index is 11.3. The fourth-order valence-electron chi connectivity index (χ4n) is 2.71. The van der Waals surface area contributed by atoms with Gasteiger partial charge in [0.1, 0.15) is 0 Å². The number of carboxylic acid groups (broad SMARTS) is 1. The van der Waals surface area contributed by atoms with Gasteiger partial charge in [0.25, 0.3) is 0 Å². The standard InChI is InChI=1S/C16H24N2O2/c19-16(20)15(14-7-2-1-3-8-14)13-17-9-6-12-18-10-4-5-11-18/h1-3,7-8,15,17H,4-6,9-13H2,(H,19,20). The Hall–Kier alpha value is -1.39. The van der Waals surface area contributed by atoms with Crippen LogP contribution < -0.4 is 5.32 Å². The number of hydrogen-bond acceptors (Lipinski definition) is 3. The number of carboxylic acids is 1. The minimum Gasteiger partial charge on any atom is -0.481 e. The van der Waals surface area contributed by atoms with Gasteiger partial charge in [0.15, 0.2) is 0 Å². The summed E-state index contributed by atoms with van der Waals surface area (Å²) < 4.78 is 0. The molecule has 110 valence electrons. The first kappa shape index (κ1) is 15.0. The van der Waals surface area contributed by atoms with Crippen LogP contribution in [-0.2, 0) is 4.79 Å². The number of nitrogens with zero attached hydrogens (tertiary/aromatic N) is 1. The molecule has 1 aromatic carbocycles. The second-order valence-electron chi connectivity index (χ2n) is 5.41. The molecule has 2 N–H and O–H groups in total. The summed E-state index contributed by atoms with van der Waals surface area (Å²) in [6.45, 7) is 4.95. The molecule has 4 nitrogen and oxygen atoms in total. The Morgan fingerprint density at radius 2 is 1.95 bits per heavy atom. The van der Waals surface area contributed by atoms with E-state index in [0.29, 0.717) is 6.54 Å². The molecular weight excluding hydrogens is 252 g/mol. The number of hydrogen-bond donors (Lipinski definition) is 2. The van der Waals surface area contributed by atoms with Gasteiger partial charge in [-0.05, 0) is 51.0 Å². The van der Waals surface area contributed by atoms with Crippen LogP contribution >= 0.6 is 0 Å². The summed E-state index contributed by atoms with van der Waals surface area (Å²) in [5, 5.41) is 12.6. The van der Waals surface area contributed by atoms with Crippen LogP contribution in [0.4, 0.5) is 0 Å². The van der Waals surface area contributed by atoms with Crippen molar-refractivity contribution >= 4 is 5.97 Å². The lowest BCUT2D eigenvalue weighted by Gasteiger charge is -2.16. The smallest absolute Gasteiger partial charge is 0.312 e. The lowest BCUT2D eigenvalue weighted by atomic mass is 9.99. The van der Waals surface area contributed by atoms with Gasteiger partial charge in [-0.3, -0.25) is 4.79 Å². The molecule has 0 aliphatic carbocycles. The lowest BCUT2D eigenvalue weighted by Crippen LogP contribution is -2.30. The zero-order chi connectivity index (χ0) is 14.2. The molecule has 0 spiro atoms. The molecule has 20 heavy (non-hydrogen) atoms. The quantitative estimate of drug-likeness (QED) is 0.712. The maximum atomic E-state index is 11.3. The molecule has 2 rings (SSSR count). The third-order valence-corrected chi connectivity index (χ3v) is 3.88. The third-order valence-electron chi connectivity index (χ3n) is 3.88. The van der Waals surface area contributed by atoms with Crippen LogP contribution in [0.2, 0.25) is 0 Å². The number of rotatable bonds is 8. The molecule has 4 heteroatoms. The number of nitrogens with one attached hydrogen (secondary N) is 1. The molecule has 0 aromatic heterocycles. The molecular formula is C16H24N2O2. The van der Waals surface area contributed by atoms with E-state index in [9.17, 15) is 9.90 Å². The van der Waals surface area contributed by atoms with Gasteiger partial charge in [-0.15, -0.1) is 0 Å². The molecule has 0 saturated carbocycles. The topological polar surface area (TPSA) is 52.6 Å². The van der Waals surface area contributed by atoms with E-state index in [1.807, 2.05) is 30.3 Å². The normalized spacial score (nSPS) is 17.2. The predicted molar refractivity (Wildman–Crippen MR) is 80.0 cm³/mol. The number of benzene rings is 1. The highest BCUT2D eigenvalue weighted by Crippen LogP contribution is 2.14. The summed E-state index contributed by atoms with van der Waals surface area (Å²) in [5.74, 6) is -1.22. The van der Waals surface area contributed by atoms with Gasteiger partial charge in [0.2, 0.25) is 0 Å². The van der Waals surface area contributed by atoms with Crippen LogP contribution in [0.15, 0.2) is 30.3 Å². The van der Waals surface area contributed by atoms with E-state index in [1.54, 1.807) is 0 Å². The number of likely N-dealkylation sites (tertiary alicyclic amines) is 1. The Morgan fingerprint density at radius 1 is 1.25 bits per heavy atom. The second kappa shape index (κ2) is 8.02. The van der Waals surface area contributed by atoms with Crippen molar-refractivity contribution in [2.45, 2.75) is 25.2 Å². The van der Waals surface area contributed by atoms with Crippen LogP contribution in [-0.4, -0.2) is 48.7 Å². The molecule has 0 radical (unpaired) electrons. The Labute approximate surface area is 120 Å². The summed E-state index contributed by atoms with van der Waals surface area (Å²) in [6.07, 6.45) is 3.73. The van der Waals surface area contributed by atoms with Gasteiger partial charge >= 0.3 is 5.97 Å². The SMILES string of the molecule is O=C(O)C(CNCCCN1CCCC1)c1ccccc1. The average molecular weight is 276 g/mol. The van der Waals surface area contributed by atoms with Crippen LogP contribution in [0.3, 0.4) is 0 Å². The van der Waals surface area contributed by atoms with Crippen molar-refractivity contribution in [1.82, 2.24) is 10.2 Å². The first-order valence-electron chi connectivity index (χ1n) is 7.48. The Kier molecular flexibility index (Phi) is 6.02. The van der Waals surface area contributed by atoms with E-state index in [2.05, 4.69) is 10.2 Å². The highest BCUT2D eigenvalue weighted by molar-refractivity contribution is 5.76. The van der Waals surface area contributed by atoms with Crippen molar-refractivity contribution in [3.63, 3.8) is 0 Å². The van der Waals surface area contributed by atoms with Gasteiger partial charge in [0, 0.05) is 6.54 Å². The van der Waals surface area contributed by atoms with Crippen molar-refractivity contribution < 1.29 is 9.90 Å². The van der Waals surface area contributed by atoms with Crippen LogP contribution in [0, 0.1) is 0 Å².